The van der Waals surface area contributed by atoms with E-state index in [2.05, 4.69) is 5.32 Å². The molecule has 2 aromatic carbocycles. The highest BCUT2D eigenvalue weighted by Crippen LogP contribution is 2.41. The van der Waals surface area contributed by atoms with Gasteiger partial charge in [0.2, 0.25) is 0 Å². The van der Waals surface area contributed by atoms with Gasteiger partial charge in [0.05, 0.1) is 18.4 Å². The zero-order valence-electron chi connectivity index (χ0n) is 10.7. The van der Waals surface area contributed by atoms with Crippen LogP contribution in [0.4, 0.5) is 5.69 Å². The second-order valence-corrected chi connectivity index (χ2v) is 4.79. The number of nitrogens with one attached hydrogen (secondary N) is 1. The van der Waals surface area contributed by atoms with E-state index in [1.54, 1.807) is 18.2 Å². The molecular weight excluding hydrogens is 278 g/mol. The van der Waals surface area contributed by atoms with Crippen LogP contribution in [-0.4, -0.2) is 13.1 Å². The number of carbonyl (C=O) groups excluding carboxylic acids is 1. The standard InChI is InChI=1S/C15H12ClNO3/c1-19-15(18)9-6-7-13-11(8-9)17-14(16)10-4-2-3-5-12(10)20-13/h2-8,14,17H,1H3. The number of hydrogen-bond donors (Lipinski definition) is 1. The van der Waals surface area contributed by atoms with Gasteiger partial charge in [-0.05, 0) is 24.3 Å². The number of fused-ring (bicyclic) bond motifs is 2. The molecule has 1 unspecified atom stereocenters. The second kappa shape index (κ2) is 5.06. The predicted molar refractivity (Wildman–Crippen MR) is 76.5 cm³/mol. The number of benzene rings is 2. The van der Waals surface area contributed by atoms with E-state index in [1.165, 1.54) is 7.11 Å². The molecule has 0 radical (unpaired) electrons. The van der Waals surface area contributed by atoms with Crippen LogP contribution in [0, 0.1) is 0 Å². The molecule has 20 heavy (non-hydrogen) atoms. The molecule has 1 aliphatic heterocycles. The van der Waals surface area contributed by atoms with Gasteiger partial charge >= 0.3 is 5.97 Å². The lowest BCUT2D eigenvalue weighted by Gasteiger charge is -2.11. The van der Waals surface area contributed by atoms with Gasteiger partial charge in [0.1, 0.15) is 11.3 Å². The van der Waals surface area contributed by atoms with Crippen molar-refractivity contribution in [2.75, 3.05) is 12.4 Å². The molecule has 4 nitrogen and oxygen atoms in total. The number of ether oxygens (including phenoxy) is 2. The summed E-state index contributed by atoms with van der Waals surface area (Å²) >= 11 is 6.34. The van der Waals surface area contributed by atoms with Crippen molar-refractivity contribution in [1.29, 1.82) is 0 Å². The maximum absolute atomic E-state index is 11.6. The fraction of sp³-hybridized carbons (Fsp3) is 0.133. The zero-order chi connectivity index (χ0) is 14.1. The van der Waals surface area contributed by atoms with Gasteiger partial charge in [0, 0.05) is 5.56 Å². The molecule has 1 N–H and O–H groups in total. The van der Waals surface area contributed by atoms with Crippen molar-refractivity contribution in [2.24, 2.45) is 0 Å². The summed E-state index contributed by atoms with van der Waals surface area (Å²) in [4.78, 5) is 11.6. The Bertz CT molecular complexity index is 672. The SMILES string of the molecule is COC(=O)c1ccc2c(c1)NC(Cl)c1ccccc1O2. The highest BCUT2D eigenvalue weighted by molar-refractivity contribution is 6.22. The van der Waals surface area contributed by atoms with Crippen molar-refractivity contribution in [3.05, 3.63) is 53.6 Å². The molecule has 0 aliphatic carbocycles. The van der Waals surface area contributed by atoms with Gasteiger partial charge in [0.25, 0.3) is 0 Å². The molecule has 1 heterocycles. The van der Waals surface area contributed by atoms with Gasteiger partial charge in [0.15, 0.2) is 5.75 Å². The molecule has 102 valence electrons. The quantitative estimate of drug-likeness (QED) is 0.491. The first-order valence-electron chi connectivity index (χ1n) is 6.09. The minimum atomic E-state index is -0.430. The Labute approximate surface area is 121 Å². The average Bonchev–Trinajstić information content (AvgIpc) is 2.62. The third-order valence-corrected chi connectivity index (χ3v) is 3.44. The molecule has 2 aromatic rings. The minimum absolute atomic E-state index is 0.400. The van der Waals surface area contributed by atoms with Crippen LogP contribution in [0.1, 0.15) is 21.4 Å². The number of anilines is 1. The molecule has 1 aliphatic rings. The van der Waals surface area contributed by atoms with E-state index in [1.807, 2.05) is 24.3 Å². The van der Waals surface area contributed by atoms with Crippen molar-refractivity contribution in [3.63, 3.8) is 0 Å². The van der Waals surface area contributed by atoms with E-state index in [0.717, 1.165) is 5.56 Å². The number of alkyl halides is 1. The van der Waals surface area contributed by atoms with Crippen LogP contribution >= 0.6 is 11.6 Å². The van der Waals surface area contributed by atoms with Crippen molar-refractivity contribution >= 4 is 23.3 Å². The van der Waals surface area contributed by atoms with Crippen LogP contribution in [-0.2, 0) is 4.74 Å². The Hall–Kier alpha value is -2.20. The maximum atomic E-state index is 11.6. The average molecular weight is 290 g/mol. The Balaban J connectivity index is 2.05. The summed E-state index contributed by atoms with van der Waals surface area (Å²) < 4.78 is 10.5. The first-order chi connectivity index (χ1) is 9.69. The summed E-state index contributed by atoms with van der Waals surface area (Å²) in [6.45, 7) is 0. The number of rotatable bonds is 1. The molecule has 0 saturated heterocycles. The highest BCUT2D eigenvalue weighted by atomic mass is 35.5. The van der Waals surface area contributed by atoms with E-state index < -0.39 is 11.5 Å². The summed E-state index contributed by atoms with van der Waals surface area (Å²) in [6.07, 6.45) is 0. The van der Waals surface area contributed by atoms with E-state index >= 15 is 0 Å². The molecule has 0 saturated carbocycles. The Morgan fingerprint density at radius 2 is 2.05 bits per heavy atom. The second-order valence-electron chi connectivity index (χ2n) is 4.35. The molecule has 0 amide bonds. The lowest BCUT2D eigenvalue weighted by Crippen LogP contribution is -2.05. The number of hydrogen-bond acceptors (Lipinski definition) is 4. The van der Waals surface area contributed by atoms with E-state index in [4.69, 9.17) is 21.1 Å². The molecule has 0 fully saturated rings. The first-order valence-corrected chi connectivity index (χ1v) is 6.52. The molecule has 0 spiro atoms. The van der Waals surface area contributed by atoms with Crippen LogP contribution in [0.5, 0.6) is 11.5 Å². The lowest BCUT2D eigenvalue weighted by molar-refractivity contribution is 0.0601. The predicted octanol–water partition coefficient (Wildman–Crippen LogP) is 3.93. The minimum Gasteiger partial charge on any atom is -0.465 e. The lowest BCUT2D eigenvalue weighted by atomic mass is 10.2. The van der Waals surface area contributed by atoms with Crippen molar-refractivity contribution in [3.8, 4) is 11.5 Å². The Morgan fingerprint density at radius 3 is 2.85 bits per heavy atom. The summed E-state index contributed by atoms with van der Waals surface area (Å²) in [5.74, 6) is 0.917. The third kappa shape index (κ3) is 2.18. The van der Waals surface area contributed by atoms with Crippen LogP contribution in [0.3, 0.4) is 0 Å². The van der Waals surface area contributed by atoms with E-state index in [9.17, 15) is 4.79 Å². The van der Waals surface area contributed by atoms with Gasteiger partial charge in [-0.1, -0.05) is 29.8 Å². The van der Waals surface area contributed by atoms with Crippen molar-refractivity contribution in [2.45, 2.75) is 5.50 Å². The van der Waals surface area contributed by atoms with Gasteiger partial charge in [-0.15, -0.1) is 0 Å². The number of methoxy groups -OCH3 is 1. The summed E-state index contributed by atoms with van der Waals surface area (Å²) in [7, 11) is 1.35. The molecule has 0 bridgehead atoms. The zero-order valence-corrected chi connectivity index (χ0v) is 11.5. The maximum Gasteiger partial charge on any atom is 0.337 e. The van der Waals surface area contributed by atoms with E-state index in [0.29, 0.717) is 22.7 Å². The fourth-order valence-electron chi connectivity index (χ4n) is 2.09. The monoisotopic (exact) mass is 289 g/mol. The molecular formula is C15H12ClNO3. The highest BCUT2D eigenvalue weighted by Gasteiger charge is 2.21. The number of esters is 1. The molecule has 1 atom stereocenters. The van der Waals surface area contributed by atoms with Gasteiger partial charge in [-0.3, -0.25) is 0 Å². The molecule has 5 heteroatoms. The van der Waals surface area contributed by atoms with Gasteiger partial charge in [-0.2, -0.15) is 0 Å². The molecule has 0 aromatic heterocycles. The summed E-state index contributed by atoms with van der Waals surface area (Å²) in [5, 5.41) is 3.13. The third-order valence-electron chi connectivity index (χ3n) is 3.09. The van der Waals surface area contributed by atoms with Crippen LogP contribution in [0.15, 0.2) is 42.5 Å². The van der Waals surface area contributed by atoms with Crippen molar-refractivity contribution < 1.29 is 14.3 Å². The van der Waals surface area contributed by atoms with Gasteiger partial charge < -0.3 is 14.8 Å². The van der Waals surface area contributed by atoms with Crippen LogP contribution in [0.2, 0.25) is 0 Å². The van der Waals surface area contributed by atoms with Crippen LogP contribution < -0.4 is 10.1 Å². The largest absolute Gasteiger partial charge is 0.465 e. The molecule has 3 rings (SSSR count). The van der Waals surface area contributed by atoms with Crippen LogP contribution in [0.25, 0.3) is 0 Å². The topological polar surface area (TPSA) is 47.6 Å². The first kappa shape index (κ1) is 12.8. The summed E-state index contributed by atoms with van der Waals surface area (Å²) in [6, 6.07) is 12.6. The number of para-hydroxylation sites is 1. The van der Waals surface area contributed by atoms with Gasteiger partial charge in [-0.25, -0.2) is 4.79 Å². The number of carbonyl (C=O) groups is 1. The fourth-order valence-corrected chi connectivity index (χ4v) is 2.39. The van der Waals surface area contributed by atoms with E-state index in [-0.39, 0.29) is 0 Å². The smallest absolute Gasteiger partial charge is 0.337 e. The number of halogens is 1. The Kier molecular flexibility index (Phi) is 3.24. The normalized spacial score (nSPS) is 16.0. The summed E-state index contributed by atoms with van der Waals surface area (Å²) in [5.41, 5.74) is 1.52. The van der Waals surface area contributed by atoms with Crippen molar-refractivity contribution in [1.82, 2.24) is 0 Å². The Morgan fingerprint density at radius 1 is 1.25 bits per heavy atom.